The zero-order chi connectivity index (χ0) is 13.7. The summed E-state index contributed by atoms with van der Waals surface area (Å²) in [6, 6.07) is 10.6. The Kier molecular flexibility index (Phi) is 5.26. The summed E-state index contributed by atoms with van der Waals surface area (Å²) >= 11 is 5.69. The lowest BCUT2D eigenvalue weighted by molar-refractivity contribution is -0.134. The zero-order valence-electron chi connectivity index (χ0n) is 11.5. The van der Waals surface area contributed by atoms with Crippen LogP contribution in [-0.4, -0.2) is 22.7 Å². The van der Waals surface area contributed by atoms with Crippen molar-refractivity contribution in [2.24, 2.45) is 5.92 Å². The predicted octanol–water partition coefficient (Wildman–Crippen LogP) is 3.83. The van der Waals surface area contributed by atoms with Crippen molar-refractivity contribution in [3.8, 4) is 0 Å². The average molecular weight is 280 g/mol. The molecule has 104 valence electrons. The fourth-order valence-corrected chi connectivity index (χ4v) is 2.57. The molecular weight excluding hydrogens is 258 g/mol. The van der Waals surface area contributed by atoms with Crippen molar-refractivity contribution >= 4 is 17.5 Å². The minimum atomic E-state index is 0.240. The molecule has 1 amide bonds. The molecule has 0 saturated heterocycles. The molecule has 0 aromatic heterocycles. The van der Waals surface area contributed by atoms with E-state index in [2.05, 4.69) is 19.1 Å². The Morgan fingerprint density at radius 1 is 1.37 bits per heavy atom. The van der Waals surface area contributed by atoms with E-state index in [0.717, 1.165) is 13.0 Å². The van der Waals surface area contributed by atoms with Crippen molar-refractivity contribution in [3.05, 3.63) is 35.9 Å². The van der Waals surface area contributed by atoms with Crippen LogP contribution in [0.5, 0.6) is 0 Å². The van der Waals surface area contributed by atoms with E-state index in [4.69, 9.17) is 11.6 Å². The van der Waals surface area contributed by atoms with Crippen LogP contribution in [0, 0.1) is 5.92 Å². The van der Waals surface area contributed by atoms with Gasteiger partial charge < -0.3 is 4.90 Å². The van der Waals surface area contributed by atoms with Crippen LogP contribution in [0.25, 0.3) is 0 Å². The van der Waals surface area contributed by atoms with Gasteiger partial charge in [0.1, 0.15) is 0 Å². The van der Waals surface area contributed by atoms with E-state index in [0.29, 0.717) is 24.3 Å². The van der Waals surface area contributed by atoms with Crippen molar-refractivity contribution in [1.29, 1.82) is 0 Å². The Morgan fingerprint density at radius 2 is 2.05 bits per heavy atom. The van der Waals surface area contributed by atoms with Gasteiger partial charge in [0, 0.05) is 24.9 Å². The Hall–Kier alpha value is -1.02. The molecule has 1 unspecified atom stereocenters. The molecule has 1 aliphatic carbocycles. The third-order valence-corrected chi connectivity index (χ3v) is 4.10. The second kappa shape index (κ2) is 6.95. The lowest BCUT2D eigenvalue weighted by atomic mass is 10.1. The molecule has 3 heteroatoms. The van der Waals surface area contributed by atoms with Crippen molar-refractivity contribution in [2.75, 3.05) is 5.88 Å². The molecule has 1 fully saturated rings. The first-order valence-corrected chi connectivity index (χ1v) is 7.65. The van der Waals surface area contributed by atoms with Gasteiger partial charge in [0.25, 0.3) is 0 Å². The minimum Gasteiger partial charge on any atom is -0.335 e. The van der Waals surface area contributed by atoms with Crippen LogP contribution in [-0.2, 0) is 11.3 Å². The van der Waals surface area contributed by atoms with Crippen molar-refractivity contribution in [3.63, 3.8) is 0 Å². The normalized spacial score (nSPS) is 16.1. The standard InChI is InChI=1S/C16H22ClNO/c1-13(15-9-10-15)18(16(19)8-5-11-17)12-14-6-3-2-4-7-14/h2-4,6-7,13,15H,5,8-12H2,1H3. The van der Waals surface area contributed by atoms with E-state index in [9.17, 15) is 4.79 Å². The van der Waals surface area contributed by atoms with E-state index in [1.54, 1.807) is 0 Å². The number of halogens is 1. The molecule has 2 nitrogen and oxygen atoms in total. The largest absolute Gasteiger partial charge is 0.335 e. The van der Waals surface area contributed by atoms with Gasteiger partial charge in [-0.3, -0.25) is 4.79 Å². The SMILES string of the molecule is CC(C1CC1)N(Cc1ccccc1)C(=O)CCCCl. The van der Waals surface area contributed by atoms with E-state index < -0.39 is 0 Å². The van der Waals surface area contributed by atoms with Gasteiger partial charge in [-0.25, -0.2) is 0 Å². The minimum absolute atomic E-state index is 0.240. The quantitative estimate of drug-likeness (QED) is 0.695. The Morgan fingerprint density at radius 3 is 2.63 bits per heavy atom. The number of carbonyl (C=O) groups excluding carboxylic acids is 1. The highest BCUT2D eigenvalue weighted by atomic mass is 35.5. The number of benzene rings is 1. The van der Waals surface area contributed by atoms with Crippen molar-refractivity contribution in [2.45, 2.75) is 45.2 Å². The average Bonchev–Trinajstić information content (AvgIpc) is 3.27. The lowest BCUT2D eigenvalue weighted by Gasteiger charge is -2.29. The number of nitrogens with zero attached hydrogens (tertiary/aromatic N) is 1. The molecule has 0 bridgehead atoms. The zero-order valence-corrected chi connectivity index (χ0v) is 12.3. The van der Waals surface area contributed by atoms with Gasteiger partial charge in [-0.1, -0.05) is 30.3 Å². The topological polar surface area (TPSA) is 20.3 Å². The number of carbonyl (C=O) groups is 1. The van der Waals surface area contributed by atoms with Gasteiger partial charge in [-0.05, 0) is 37.7 Å². The third-order valence-electron chi connectivity index (χ3n) is 3.84. The van der Waals surface area contributed by atoms with Crippen LogP contribution in [0.3, 0.4) is 0 Å². The summed E-state index contributed by atoms with van der Waals surface area (Å²) in [5, 5.41) is 0. The smallest absolute Gasteiger partial charge is 0.223 e. The van der Waals surface area contributed by atoms with Gasteiger partial charge >= 0.3 is 0 Å². The summed E-state index contributed by atoms with van der Waals surface area (Å²) < 4.78 is 0. The maximum absolute atomic E-state index is 12.3. The first-order chi connectivity index (χ1) is 9.22. The molecule has 0 spiro atoms. The predicted molar refractivity (Wildman–Crippen MR) is 79.1 cm³/mol. The molecule has 1 aromatic rings. The number of alkyl halides is 1. The molecule has 1 aliphatic rings. The van der Waals surface area contributed by atoms with Crippen LogP contribution in [0.2, 0.25) is 0 Å². The maximum Gasteiger partial charge on any atom is 0.223 e. The molecule has 2 rings (SSSR count). The second-order valence-electron chi connectivity index (χ2n) is 5.38. The van der Waals surface area contributed by atoms with E-state index in [1.165, 1.54) is 18.4 Å². The van der Waals surface area contributed by atoms with Gasteiger partial charge in [-0.2, -0.15) is 0 Å². The monoisotopic (exact) mass is 279 g/mol. The van der Waals surface area contributed by atoms with Gasteiger partial charge in [0.15, 0.2) is 0 Å². The summed E-state index contributed by atoms with van der Waals surface area (Å²) in [7, 11) is 0. The molecule has 0 N–H and O–H groups in total. The molecule has 19 heavy (non-hydrogen) atoms. The number of hydrogen-bond donors (Lipinski definition) is 0. The number of amides is 1. The lowest BCUT2D eigenvalue weighted by Crippen LogP contribution is -2.39. The van der Waals surface area contributed by atoms with Crippen LogP contribution in [0.4, 0.5) is 0 Å². The highest BCUT2D eigenvalue weighted by Crippen LogP contribution is 2.36. The van der Waals surface area contributed by atoms with E-state index >= 15 is 0 Å². The van der Waals surface area contributed by atoms with Crippen molar-refractivity contribution < 1.29 is 4.79 Å². The summed E-state index contributed by atoms with van der Waals surface area (Å²) in [6.45, 7) is 2.90. The molecular formula is C16H22ClNO. The first-order valence-electron chi connectivity index (χ1n) is 7.11. The van der Waals surface area contributed by atoms with Crippen LogP contribution < -0.4 is 0 Å². The summed E-state index contributed by atoms with van der Waals surface area (Å²) in [5.74, 6) is 1.50. The highest BCUT2D eigenvalue weighted by molar-refractivity contribution is 6.17. The van der Waals surface area contributed by atoms with Crippen LogP contribution in [0.15, 0.2) is 30.3 Å². The summed E-state index contributed by atoms with van der Waals surface area (Å²) in [4.78, 5) is 14.4. The Labute approximate surface area is 120 Å². The summed E-state index contributed by atoms with van der Waals surface area (Å²) in [5.41, 5.74) is 1.20. The molecule has 1 atom stereocenters. The van der Waals surface area contributed by atoms with Crippen LogP contribution in [0.1, 0.15) is 38.2 Å². The maximum atomic E-state index is 12.3. The molecule has 0 aliphatic heterocycles. The Bertz CT molecular complexity index is 402. The van der Waals surface area contributed by atoms with Crippen LogP contribution >= 0.6 is 11.6 Å². The fraction of sp³-hybridized carbons (Fsp3) is 0.562. The molecule has 1 aromatic carbocycles. The molecule has 0 heterocycles. The molecule has 0 radical (unpaired) electrons. The second-order valence-corrected chi connectivity index (χ2v) is 5.76. The fourth-order valence-electron chi connectivity index (χ4n) is 2.43. The van der Waals surface area contributed by atoms with Gasteiger partial charge in [0.2, 0.25) is 5.91 Å². The first kappa shape index (κ1) is 14.4. The van der Waals surface area contributed by atoms with Gasteiger partial charge in [0.05, 0.1) is 0 Å². The molecule has 1 saturated carbocycles. The van der Waals surface area contributed by atoms with E-state index in [1.807, 2.05) is 23.1 Å². The Balaban J connectivity index is 2.02. The third kappa shape index (κ3) is 4.24. The highest BCUT2D eigenvalue weighted by Gasteiger charge is 2.33. The summed E-state index contributed by atoms with van der Waals surface area (Å²) in [6.07, 6.45) is 3.85. The number of hydrogen-bond acceptors (Lipinski definition) is 1. The number of rotatable bonds is 7. The van der Waals surface area contributed by atoms with Gasteiger partial charge in [-0.15, -0.1) is 11.6 Å². The van der Waals surface area contributed by atoms with E-state index in [-0.39, 0.29) is 5.91 Å². The van der Waals surface area contributed by atoms with Crippen molar-refractivity contribution in [1.82, 2.24) is 4.90 Å².